The van der Waals surface area contributed by atoms with E-state index in [0.717, 1.165) is 22.4 Å². The van der Waals surface area contributed by atoms with Crippen LogP contribution >= 0.6 is 11.3 Å². The van der Waals surface area contributed by atoms with E-state index < -0.39 is 17.5 Å². The third kappa shape index (κ3) is 3.87. The first kappa shape index (κ1) is 20.3. The van der Waals surface area contributed by atoms with Crippen LogP contribution in [0.25, 0.3) is 10.2 Å². The van der Waals surface area contributed by atoms with Gasteiger partial charge in [0.25, 0.3) is 5.91 Å². The number of thiazole rings is 1. The maximum absolute atomic E-state index is 12.9. The highest BCUT2D eigenvalue weighted by Gasteiger charge is 2.52. The normalized spacial score (nSPS) is 23.7. The summed E-state index contributed by atoms with van der Waals surface area (Å²) in [4.78, 5) is 54.3. The molecule has 2 aliphatic rings. The van der Waals surface area contributed by atoms with Gasteiger partial charge in [-0.05, 0) is 49.8 Å². The molecule has 3 N–H and O–H groups in total. The Hall–Kier alpha value is -3.01. The van der Waals surface area contributed by atoms with Crippen molar-refractivity contribution < 1.29 is 19.2 Å². The molecule has 1 saturated heterocycles. The fourth-order valence-electron chi connectivity index (χ4n) is 3.98. The molecule has 9 nitrogen and oxygen atoms in total. The van der Waals surface area contributed by atoms with Gasteiger partial charge in [0.05, 0.1) is 10.2 Å². The van der Waals surface area contributed by atoms with Crippen molar-refractivity contribution in [1.82, 2.24) is 15.2 Å². The van der Waals surface area contributed by atoms with E-state index in [1.165, 1.54) is 18.3 Å². The highest BCUT2D eigenvalue weighted by molar-refractivity contribution is 7.22. The summed E-state index contributed by atoms with van der Waals surface area (Å²) in [5.41, 5.74) is 0.456. The quantitative estimate of drug-likeness (QED) is 0.646. The second kappa shape index (κ2) is 7.67. The minimum atomic E-state index is -0.861. The van der Waals surface area contributed by atoms with Crippen molar-refractivity contribution in [1.29, 1.82) is 0 Å². The number of imide groups is 1. The molecule has 4 rings (SSSR count). The van der Waals surface area contributed by atoms with Crippen LogP contribution in [0.5, 0.6) is 0 Å². The number of fused-ring (bicyclic) bond motifs is 1. The lowest BCUT2D eigenvalue weighted by atomic mass is 9.77. The van der Waals surface area contributed by atoms with Crippen molar-refractivity contribution >= 4 is 56.1 Å². The van der Waals surface area contributed by atoms with Crippen LogP contribution < -0.4 is 16.0 Å². The monoisotopic (exact) mass is 429 g/mol. The lowest BCUT2D eigenvalue weighted by molar-refractivity contribution is -0.135. The van der Waals surface area contributed by atoms with Crippen molar-refractivity contribution in [3.8, 4) is 0 Å². The van der Waals surface area contributed by atoms with E-state index in [1.54, 1.807) is 18.2 Å². The Bertz CT molecular complexity index is 1040. The van der Waals surface area contributed by atoms with Crippen LogP contribution in [0.15, 0.2) is 18.2 Å². The summed E-state index contributed by atoms with van der Waals surface area (Å²) >= 11 is 1.25. The number of urea groups is 1. The number of carbonyl (C=O) groups is 4. The minimum absolute atomic E-state index is 0.175. The molecule has 2 aromatic rings. The highest BCUT2D eigenvalue weighted by Crippen LogP contribution is 2.36. The molecule has 0 bridgehead atoms. The lowest BCUT2D eigenvalue weighted by Gasteiger charge is -2.33. The number of hydrogen-bond acceptors (Lipinski definition) is 6. The van der Waals surface area contributed by atoms with E-state index in [4.69, 9.17) is 0 Å². The molecule has 2 fully saturated rings. The zero-order chi connectivity index (χ0) is 21.5. The number of anilines is 2. The van der Waals surface area contributed by atoms with Crippen LogP contribution in [0.3, 0.4) is 0 Å². The van der Waals surface area contributed by atoms with Crippen LogP contribution in [-0.2, 0) is 14.4 Å². The molecular weight excluding hydrogens is 406 g/mol. The van der Waals surface area contributed by atoms with Gasteiger partial charge >= 0.3 is 6.03 Å². The summed E-state index contributed by atoms with van der Waals surface area (Å²) in [6.07, 6.45) is 2.95. The standard InChI is InChI=1S/C20H23N5O4S/c1-11-5-7-20(8-6-11)17(28)25(19(29)24-20)10-16(27)23-18-22-14-4-3-13(21-12(2)26)9-15(14)30-18/h3-4,9,11H,5-8,10H2,1-2H3,(H,21,26)(H,24,29)(H,22,23,27). The number of hydrogen-bond donors (Lipinski definition) is 3. The molecule has 0 unspecified atom stereocenters. The SMILES string of the molecule is CC(=O)Nc1ccc2nc(NC(=O)CN3C(=O)NC4(CCC(C)CC4)C3=O)sc2c1. The van der Waals surface area contributed by atoms with Gasteiger partial charge in [0.1, 0.15) is 12.1 Å². The first-order valence-corrected chi connectivity index (χ1v) is 10.7. The number of benzene rings is 1. The van der Waals surface area contributed by atoms with Crippen LogP contribution in [0, 0.1) is 5.92 Å². The van der Waals surface area contributed by atoms with Crippen molar-refractivity contribution in [2.24, 2.45) is 5.92 Å². The fourth-order valence-corrected chi connectivity index (χ4v) is 4.90. The van der Waals surface area contributed by atoms with Gasteiger partial charge in [-0.25, -0.2) is 9.78 Å². The van der Waals surface area contributed by atoms with E-state index in [2.05, 4.69) is 27.9 Å². The summed E-state index contributed by atoms with van der Waals surface area (Å²) < 4.78 is 0.793. The van der Waals surface area contributed by atoms with Crippen molar-refractivity contribution in [3.63, 3.8) is 0 Å². The Morgan fingerprint density at radius 3 is 2.70 bits per heavy atom. The van der Waals surface area contributed by atoms with Gasteiger partial charge in [0.2, 0.25) is 11.8 Å². The molecule has 0 atom stereocenters. The van der Waals surface area contributed by atoms with Gasteiger partial charge in [0, 0.05) is 12.6 Å². The molecule has 158 valence electrons. The summed E-state index contributed by atoms with van der Waals surface area (Å²) in [7, 11) is 0. The number of rotatable bonds is 4. The van der Waals surface area contributed by atoms with Gasteiger partial charge in [0.15, 0.2) is 5.13 Å². The van der Waals surface area contributed by atoms with Crippen molar-refractivity contribution in [3.05, 3.63) is 18.2 Å². The van der Waals surface area contributed by atoms with Gasteiger partial charge < -0.3 is 16.0 Å². The number of nitrogens with zero attached hydrogens (tertiary/aromatic N) is 2. The first-order chi connectivity index (χ1) is 14.3. The summed E-state index contributed by atoms with van der Waals surface area (Å²) in [5, 5.41) is 8.54. The second-order valence-corrected chi connectivity index (χ2v) is 9.05. The van der Waals surface area contributed by atoms with E-state index >= 15 is 0 Å². The third-order valence-electron chi connectivity index (χ3n) is 5.63. The van der Waals surface area contributed by atoms with Crippen molar-refractivity contribution in [2.75, 3.05) is 17.2 Å². The number of carbonyl (C=O) groups excluding carboxylic acids is 4. The Labute approximate surface area is 177 Å². The molecule has 1 spiro atoms. The zero-order valence-corrected chi connectivity index (χ0v) is 17.6. The molecule has 1 saturated carbocycles. The molecule has 1 aromatic heterocycles. The third-order valence-corrected chi connectivity index (χ3v) is 6.56. The average Bonchev–Trinajstić information content (AvgIpc) is 3.17. The Morgan fingerprint density at radius 2 is 2.00 bits per heavy atom. The minimum Gasteiger partial charge on any atom is -0.326 e. The van der Waals surface area contributed by atoms with Gasteiger partial charge in [-0.3, -0.25) is 19.3 Å². The zero-order valence-electron chi connectivity index (χ0n) is 16.8. The van der Waals surface area contributed by atoms with E-state index in [9.17, 15) is 19.2 Å². The van der Waals surface area contributed by atoms with Crippen molar-refractivity contribution in [2.45, 2.75) is 45.1 Å². The van der Waals surface area contributed by atoms with Gasteiger partial charge in [-0.15, -0.1) is 0 Å². The molecular formula is C20H23N5O4S. The maximum Gasteiger partial charge on any atom is 0.325 e. The molecule has 5 amide bonds. The van der Waals surface area contributed by atoms with E-state index in [-0.39, 0.29) is 18.4 Å². The van der Waals surface area contributed by atoms with Crippen LogP contribution in [0.4, 0.5) is 15.6 Å². The Morgan fingerprint density at radius 1 is 1.27 bits per heavy atom. The number of amides is 5. The second-order valence-electron chi connectivity index (χ2n) is 8.02. The Kier molecular flexibility index (Phi) is 5.19. The molecule has 1 aromatic carbocycles. The molecule has 0 radical (unpaired) electrons. The van der Waals surface area contributed by atoms with Crippen LogP contribution in [-0.4, -0.2) is 45.7 Å². The predicted molar refractivity (Wildman–Crippen MR) is 113 cm³/mol. The molecule has 1 aliphatic heterocycles. The molecule has 1 aliphatic carbocycles. The van der Waals surface area contributed by atoms with Gasteiger partial charge in [-0.2, -0.15) is 0 Å². The summed E-state index contributed by atoms with van der Waals surface area (Å²) in [6, 6.07) is 4.73. The van der Waals surface area contributed by atoms with E-state index in [0.29, 0.717) is 35.1 Å². The molecule has 2 heterocycles. The smallest absolute Gasteiger partial charge is 0.325 e. The highest BCUT2D eigenvalue weighted by atomic mass is 32.1. The first-order valence-electron chi connectivity index (χ1n) is 9.88. The van der Waals surface area contributed by atoms with Gasteiger partial charge in [-0.1, -0.05) is 18.3 Å². The van der Waals surface area contributed by atoms with E-state index in [1.807, 2.05) is 0 Å². The number of aromatic nitrogens is 1. The summed E-state index contributed by atoms with van der Waals surface area (Å²) in [6.45, 7) is 3.21. The lowest BCUT2D eigenvalue weighted by Crippen LogP contribution is -2.49. The Balaban J connectivity index is 1.42. The molecule has 10 heteroatoms. The molecule has 30 heavy (non-hydrogen) atoms. The fraction of sp³-hybridized carbons (Fsp3) is 0.450. The topological polar surface area (TPSA) is 120 Å². The summed E-state index contributed by atoms with van der Waals surface area (Å²) in [5.74, 6) is -0.450. The van der Waals surface area contributed by atoms with Crippen LogP contribution in [0.2, 0.25) is 0 Å². The average molecular weight is 430 g/mol. The van der Waals surface area contributed by atoms with Crippen LogP contribution in [0.1, 0.15) is 39.5 Å². The largest absolute Gasteiger partial charge is 0.326 e. The number of nitrogens with one attached hydrogen (secondary N) is 3. The predicted octanol–water partition coefficient (Wildman–Crippen LogP) is 2.69. The maximum atomic E-state index is 12.9.